The van der Waals surface area contributed by atoms with Crippen LogP contribution < -0.4 is 5.09 Å². The molecule has 0 aromatic carbocycles. The summed E-state index contributed by atoms with van der Waals surface area (Å²) >= 11 is 5.82. The molecule has 0 aliphatic carbocycles. The van der Waals surface area contributed by atoms with Crippen molar-refractivity contribution in [3.05, 3.63) is 12.7 Å². The molecule has 0 rings (SSSR count). The van der Waals surface area contributed by atoms with Crippen molar-refractivity contribution in [2.24, 2.45) is 0 Å². The van der Waals surface area contributed by atoms with Gasteiger partial charge in [0.2, 0.25) is 0 Å². The van der Waals surface area contributed by atoms with E-state index in [1.807, 2.05) is 0 Å². The van der Waals surface area contributed by atoms with E-state index in [-0.39, 0.29) is 0 Å². The lowest BCUT2D eigenvalue weighted by Crippen LogP contribution is -2.06. The van der Waals surface area contributed by atoms with Crippen molar-refractivity contribution >= 4 is 35.8 Å². The van der Waals surface area contributed by atoms with Gasteiger partial charge in [-0.1, -0.05) is 18.3 Å². The van der Waals surface area contributed by atoms with Gasteiger partial charge in [0.15, 0.2) is 0 Å². The molecule has 6 heteroatoms. The Morgan fingerprint density at radius 2 is 2.46 bits per heavy atom. The lowest BCUT2D eigenvalue weighted by atomic mass is 10.5. The van der Waals surface area contributed by atoms with Gasteiger partial charge in [0.1, 0.15) is 0 Å². The van der Waals surface area contributed by atoms with Gasteiger partial charge in [0, 0.05) is 5.75 Å². The third kappa shape index (κ3) is 6.27. The standard InChI is InChI=1S/C7H14NO2PS2/c1-3-5-6-13-11(9,8-7-12)10-4-2/h3,7H,1,4-6H2,2H3,(H,8,9,12). The predicted octanol–water partition coefficient (Wildman–Crippen LogP) is 2.99. The molecule has 1 atom stereocenters. The monoisotopic (exact) mass is 239 g/mol. The van der Waals surface area contributed by atoms with Crippen molar-refractivity contribution in [3.8, 4) is 0 Å². The van der Waals surface area contributed by atoms with E-state index >= 15 is 0 Å². The van der Waals surface area contributed by atoms with Crippen LogP contribution in [-0.4, -0.2) is 17.9 Å². The summed E-state index contributed by atoms with van der Waals surface area (Å²) < 4.78 is 16.9. The van der Waals surface area contributed by atoms with Crippen LogP contribution in [0.2, 0.25) is 0 Å². The molecule has 76 valence electrons. The zero-order valence-corrected chi connectivity index (χ0v) is 10.1. The van der Waals surface area contributed by atoms with Gasteiger partial charge in [-0.2, -0.15) is 0 Å². The van der Waals surface area contributed by atoms with Gasteiger partial charge >= 0.3 is 6.72 Å². The second-order valence-electron chi connectivity index (χ2n) is 2.07. The minimum atomic E-state index is -2.79. The minimum Gasteiger partial charge on any atom is -0.306 e. The van der Waals surface area contributed by atoms with Crippen LogP contribution in [0.25, 0.3) is 0 Å². The summed E-state index contributed by atoms with van der Waals surface area (Å²) in [5.41, 5.74) is 1.23. The maximum atomic E-state index is 11.8. The van der Waals surface area contributed by atoms with Crippen molar-refractivity contribution in [2.45, 2.75) is 13.3 Å². The van der Waals surface area contributed by atoms with Crippen LogP contribution in [0.3, 0.4) is 0 Å². The SMILES string of the molecule is C=CCCSP(=O)(NC=S)OCC. The average Bonchev–Trinajstić information content (AvgIpc) is 2.05. The molecule has 0 radical (unpaired) electrons. The van der Waals surface area contributed by atoms with E-state index in [1.54, 1.807) is 13.0 Å². The highest BCUT2D eigenvalue weighted by Gasteiger charge is 2.20. The highest BCUT2D eigenvalue weighted by molar-refractivity contribution is 8.56. The van der Waals surface area contributed by atoms with E-state index in [2.05, 4.69) is 23.9 Å². The molecular weight excluding hydrogens is 225 g/mol. The number of hydrogen-bond donors (Lipinski definition) is 1. The molecule has 0 aromatic heterocycles. The molecule has 0 spiro atoms. The quantitative estimate of drug-likeness (QED) is 0.305. The third-order valence-electron chi connectivity index (χ3n) is 1.09. The summed E-state index contributed by atoms with van der Waals surface area (Å²) in [5, 5.41) is 2.57. The topological polar surface area (TPSA) is 38.3 Å². The smallest absolute Gasteiger partial charge is 0.306 e. The minimum absolute atomic E-state index is 0.411. The summed E-state index contributed by atoms with van der Waals surface area (Å²) in [6.45, 7) is 3.00. The Balaban J connectivity index is 3.98. The van der Waals surface area contributed by atoms with Crippen LogP contribution in [0.4, 0.5) is 0 Å². The molecule has 0 heterocycles. The van der Waals surface area contributed by atoms with Crippen LogP contribution in [-0.2, 0) is 9.09 Å². The normalized spacial score (nSPS) is 14.5. The molecule has 1 unspecified atom stereocenters. The van der Waals surface area contributed by atoms with E-state index in [0.717, 1.165) is 12.2 Å². The molecule has 0 aliphatic rings. The lowest BCUT2D eigenvalue weighted by Gasteiger charge is -2.15. The first-order valence-electron chi connectivity index (χ1n) is 3.90. The summed E-state index contributed by atoms with van der Waals surface area (Å²) in [5.74, 6) is 0.719. The Morgan fingerprint density at radius 3 is 2.92 bits per heavy atom. The predicted molar refractivity (Wildman–Crippen MR) is 63.3 cm³/mol. The van der Waals surface area contributed by atoms with E-state index in [9.17, 15) is 4.57 Å². The molecule has 0 bridgehead atoms. The van der Waals surface area contributed by atoms with Gasteiger partial charge in [-0.15, -0.1) is 6.58 Å². The molecule has 1 N–H and O–H groups in total. The van der Waals surface area contributed by atoms with Crippen LogP contribution >= 0.6 is 30.3 Å². The fourth-order valence-corrected chi connectivity index (χ4v) is 4.38. The first kappa shape index (κ1) is 13.2. The van der Waals surface area contributed by atoms with Gasteiger partial charge in [0.25, 0.3) is 0 Å². The first-order valence-corrected chi connectivity index (χ1v) is 7.58. The maximum Gasteiger partial charge on any atom is 0.351 e. The van der Waals surface area contributed by atoms with Crippen LogP contribution in [0, 0.1) is 0 Å². The van der Waals surface area contributed by atoms with Crippen LogP contribution in [0.5, 0.6) is 0 Å². The zero-order chi connectivity index (χ0) is 10.2. The largest absolute Gasteiger partial charge is 0.351 e. The summed E-state index contributed by atoms with van der Waals surface area (Å²) in [6, 6.07) is 0. The van der Waals surface area contributed by atoms with Crippen molar-refractivity contribution in [1.29, 1.82) is 0 Å². The fraction of sp³-hybridized carbons (Fsp3) is 0.571. The van der Waals surface area contributed by atoms with E-state index in [4.69, 9.17) is 4.52 Å². The van der Waals surface area contributed by atoms with Crippen LogP contribution in [0.15, 0.2) is 12.7 Å². The summed E-state index contributed by atoms with van der Waals surface area (Å²) in [6.07, 6.45) is 2.58. The van der Waals surface area contributed by atoms with E-state index in [1.165, 1.54) is 16.9 Å². The van der Waals surface area contributed by atoms with Gasteiger partial charge in [-0.25, -0.2) is 0 Å². The zero-order valence-electron chi connectivity index (χ0n) is 7.56. The first-order chi connectivity index (χ1) is 6.18. The third-order valence-corrected chi connectivity index (χ3v) is 5.39. The van der Waals surface area contributed by atoms with Crippen molar-refractivity contribution in [3.63, 3.8) is 0 Å². The van der Waals surface area contributed by atoms with E-state index < -0.39 is 6.72 Å². The molecule has 3 nitrogen and oxygen atoms in total. The van der Waals surface area contributed by atoms with Crippen molar-refractivity contribution in [1.82, 2.24) is 5.09 Å². The fourth-order valence-electron chi connectivity index (χ4n) is 0.603. The Bertz CT molecular complexity index is 211. The highest BCUT2D eigenvalue weighted by atomic mass is 32.7. The molecular formula is C7H14NO2PS2. The van der Waals surface area contributed by atoms with Gasteiger partial charge in [0.05, 0.1) is 12.1 Å². The summed E-state index contributed by atoms with van der Waals surface area (Å²) in [4.78, 5) is 0. The Kier molecular flexibility index (Phi) is 7.66. The average molecular weight is 239 g/mol. The number of rotatable bonds is 8. The summed E-state index contributed by atoms with van der Waals surface area (Å²) in [7, 11) is 0. The number of hydrogen-bond acceptors (Lipinski definition) is 4. The Labute approximate surface area is 88.6 Å². The molecule has 0 saturated carbocycles. The lowest BCUT2D eigenvalue weighted by molar-refractivity contribution is 0.343. The molecule has 13 heavy (non-hydrogen) atoms. The second kappa shape index (κ2) is 7.56. The highest BCUT2D eigenvalue weighted by Crippen LogP contribution is 2.55. The Hall–Kier alpha value is 0.170. The molecule has 0 saturated heterocycles. The molecule has 0 aliphatic heterocycles. The molecule has 0 amide bonds. The maximum absolute atomic E-state index is 11.8. The number of nitrogens with one attached hydrogen (secondary N) is 1. The second-order valence-corrected chi connectivity index (χ2v) is 6.70. The van der Waals surface area contributed by atoms with Gasteiger partial charge < -0.3 is 9.61 Å². The van der Waals surface area contributed by atoms with Crippen LogP contribution in [0.1, 0.15) is 13.3 Å². The Morgan fingerprint density at radius 1 is 1.77 bits per heavy atom. The molecule has 0 fully saturated rings. The van der Waals surface area contributed by atoms with Gasteiger partial charge in [-0.3, -0.25) is 4.57 Å². The van der Waals surface area contributed by atoms with E-state index in [0.29, 0.717) is 6.61 Å². The van der Waals surface area contributed by atoms with Crippen molar-refractivity contribution in [2.75, 3.05) is 12.4 Å². The molecule has 0 aromatic rings. The van der Waals surface area contributed by atoms with Crippen molar-refractivity contribution < 1.29 is 9.09 Å². The van der Waals surface area contributed by atoms with Gasteiger partial charge in [-0.05, 0) is 24.7 Å². The number of allylic oxidation sites excluding steroid dienone is 1. The number of thiocarbonyl (C=S) groups is 1.